The molecule has 0 spiro atoms. The summed E-state index contributed by atoms with van der Waals surface area (Å²) >= 11 is 13.5. The Labute approximate surface area is 107 Å². The van der Waals surface area contributed by atoms with Gasteiger partial charge in [-0.25, -0.2) is 0 Å². The van der Waals surface area contributed by atoms with Gasteiger partial charge in [0.15, 0.2) is 0 Å². The smallest absolute Gasteiger partial charge is 0.102 e. The fourth-order valence-electron chi connectivity index (χ4n) is 1.23. The number of nitrogens with one attached hydrogen (secondary N) is 1. The summed E-state index contributed by atoms with van der Waals surface area (Å²) in [4.78, 5) is 0. The molecule has 0 saturated carbocycles. The van der Waals surface area contributed by atoms with Gasteiger partial charge in [-0.05, 0) is 12.1 Å². The molecule has 0 atom stereocenters. The molecule has 0 aliphatic heterocycles. The fourth-order valence-corrected chi connectivity index (χ4v) is 2.43. The molecule has 0 amide bonds. The largest absolute Gasteiger partial charge is 0.351 e. The highest BCUT2D eigenvalue weighted by Crippen LogP contribution is 2.34. The Bertz CT molecular complexity index is 537. The molecule has 0 bridgehead atoms. The van der Waals surface area contributed by atoms with Crippen molar-refractivity contribution < 1.29 is 0 Å². The molecule has 1 aromatic heterocycles. The molecule has 2 nitrogen and oxygen atoms in total. The van der Waals surface area contributed by atoms with E-state index in [0.717, 1.165) is 5.69 Å². The minimum atomic E-state index is 0.530. The Morgan fingerprint density at radius 3 is 2.50 bits per heavy atom. The number of rotatable bonds is 2. The zero-order valence-corrected chi connectivity index (χ0v) is 10.3. The van der Waals surface area contributed by atoms with Crippen LogP contribution in [0.4, 0.5) is 11.4 Å². The molecular weight excluding hydrogens is 263 g/mol. The molecule has 2 rings (SSSR count). The van der Waals surface area contributed by atoms with Gasteiger partial charge >= 0.3 is 0 Å². The van der Waals surface area contributed by atoms with Crippen molar-refractivity contribution in [3.63, 3.8) is 0 Å². The zero-order valence-electron chi connectivity index (χ0n) is 8.00. The van der Waals surface area contributed by atoms with E-state index in [-0.39, 0.29) is 0 Å². The maximum atomic E-state index is 8.87. The highest BCUT2D eigenvalue weighted by molar-refractivity contribution is 7.08. The molecule has 0 aliphatic carbocycles. The molecule has 0 fully saturated rings. The van der Waals surface area contributed by atoms with Crippen molar-refractivity contribution >= 4 is 45.9 Å². The van der Waals surface area contributed by atoms with E-state index < -0.39 is 0 Å². The van der Waals surface area contributed by atoms with E-state index in [0.29, 0.717) is 21.3 Å². The molecule has 1 heterocycles. The maximum Gasteiger partial charge on any atom is 0.102 e. The first-order chi connectivity index (χ1) is 7.72. The standard InChI is InChI=1S/C11H6Cl2N2S/c12-8-2-1-3-9(13)11(8)15-10-6-16-5-7(10)4-14/h1-3,5-6,15H. The number of nitriles is 1. The molecule has 0 saturated heterocycles. The predicted molar refractivity (Wildman–Crippen MR) is 68.8 cm³/mol. The Morgan fingerprint density at radius 1 is 1.19 bits per heavy atom. The fraction of sp³-hybridized carbons (Fsp3) is 0. The van der Waals surface area contributed by atoms with Crippen LogP contribution in [0.5, 0.6) is 0 Å². The van der Waals surface area contributed by atoms with Crippen molar-refractivity contribution in [2.45, 2.75) is 0 Å². The van der Waals surface area contributed by atoms with Gasteiger partial charge in [0.25, 0.3) is 0 Å². The van der Waals surface area contributed by atoms with Crippen molar-refractivity contribution in [1.82, 2.24) is 0 Å². The van der Waals surface area contributed by atoms with Gasteiger partial charge < -0.3 is 5.32 Å². The summed E-state index contributed by atoms with van der Waals surface area (Å²) in [6.45, 7) is 0. The van der Waals surface area contributed by atoms with Crippen LogP contribution in [-0.4, -0.2) is 0 Å². The molecule has 0 unspecified atom stereocenters. The Kier molecular flexibility index (Phi) is 3.35. The predicted octanol–water partition coefficient (Wildman–Crippen LogP) is 4.67. The molecule has 1 N–H and O–H groups in total. The molecule has 0 aliphatic rings. The lowest BCUT2D eigenvalue weighted by atomic mass is 10.2. The van der Waals surface area contributed by atoms with Gasteiger partial charge in [-0.3, -0.25) is 0 Å². The molecule has 80 valence electrons. The first-order valence-corrected chi connectivity index (χ1v) is 6.09. The summed E-state index contributed by atoms with van der Waals surface area (Å²) in [6, 6.07) is 7.36. The van der Waals surface area contributed by atoms with E-state index in [4.69, 9.17) is 28.5 Å². The van der Waals surface area contributed by atoms with E-state index in [1.54, 1.807) is 23.6 Å². The van der Waals surface area contributed by atoms with Crippen LogP contribution in [0, 0.1) is 11.3 Å². The van der Waals surface area contributed by atoms with E-state index in [2.05, 4.69) is 11.4 Å². The normalized spacial score (nSPS) is 9.81. The van der Waals surface area contributed by atoms with Crippen LogP contribution in [-0.2, 0) is 0 Å². The average Bonchev–Trinajstić information content (AvgIpc) is 2.71. The number of halogens is 2. The van der Waals surface area contributed by atoms with Gasteiger partial charge in [0, 0.05) is 10.8 Å². The third kappa shape index (κ3) is 2.14. The summed E-state index contributed by atoms with van der Waals surface area (Å²) in [7, 11) is 0. The topological polar surface area (TPSA) is 35.8 Å². The summed E-state index contributed by atoms with van der Waals surface area (Å²) in [5.41, 5.74) is 1.93. The number of benzene rings is 1. The van der Waals surface area contributed by atoms with Crippen LogP contribution >= 0.6 is 34.5 Å². The number of thiophene rings is 1. The van der Waals surface area contributed by atoms with Crippen molar-refractivity contribution in [2.24, 2.45) is 0 Å². The summed E-state index contributed by atoms with van der Waals surface area (Å²) in [5, 5.41) is 16.6. The lowest BCUT2D eigenvalue weighted by molar-refractivity contribution is 1.49. The van der Waals surface area contributed by atoms with Crippen LogP contribution < -0.4 is 5.32 Å². The molecule has 16 heavy (non-hydrogen) atoms. The second-order valence-electron chi connectivity index (χ2n) is 3.03. The van der Waals surface area contributed by atoms with Crippen LogP contribution in [0.15, 0.2) is 29.0 Å². The quantitative estimate of drug-likeness (QED) is 0.859. The Morgan fingerprint density at radius 2 is 1.88 bits per heavy atom. The van der Waals surface area contributed by atoms with E-state index in [1.807, 2.05) is 5.38 Å². The molecule has 5 heteroatoms. The third-order valence-corrected chi connectivity index (χ3v) is 3.38. The Balaban J connectivity index is 2.38. The number of hydrogen-bond donors (Lipinski definition) is 1. The number of para-hydroxylation sites is 1. The molecule has 0 radical (unpaired) electrons. The lowest BCUT2D eigenvalue weighted by Crippen LogP contribution is -1.92. The van der Waals surface area contributed by atoms with Gasteiger partial charge in [0.1, 0.15) is 6.07 Å². The summed E-state index contributed by atoms with van der Waals surface area (Å²) < 4.78 is 0. The van der Waals surface area contributed by atoms with Crippen LogP contribution in [0.2, 0.25) is 10.0 Å². The first-order valence-electron chi connectivity index (χ1n) is 4.39. The number of nitrogens with zero attached hydrogens (tertiary/aromatic N) is 1. The van der Waals surface area contributed by atoms with Gasteiger partial charge in [0.2, 0.25) is 0 Å². The average molecular weight is 269 g/mol. The minimum Gasteiger partial charge on any atom is -0.351 e. The van der Waals surface area contributed by atoms with Crippen molar-refractivity contribution in [2.75, 3.05) is 5.32 Å². The van der Waals surface area contributed by atoms with Crippen LogP contribution in [0.1, 0.15) is 5.56 Å². The highest BCUT2D eigenvalue weighted by Gasteiger charge is 2.08. The van der Waals surface area contributed by atoms with Crippen molar-refractivity contribution in [3.8, 4) is 6.07 Å². The molecular formula is C11H6Cl2N2S. The second-order valence-corrected chi connectivity index (χ2v) is 4.59. The van der Waals surface area contributed by atoms with Crippen molar-refractivity contribution in [3.05, 3.63) is 44.6 Å². The third-order valence-electron chi connectivity index (χ3n) is 2.00. The lowest BCUT2D eigenvalue weighted by Gasteiger charge is -2.08. The SMILES string of the molecule is N#Cc1cscc1Nc1c(Cl)cccc1Cl. The van der Waals surface area contributed by atoms with Gasteiger partial charge in [-0.2, -0.15) is 5.26 Å². The maximum absolute atomic E-state index is 8.87. The van der Waals surface area contributed by atoms with Gasteiger partial charge in [-0.15, -0.1) is 11.3 Å². The zero-order chi connectivity index (χ0) is 11.5. The van der Waals surface area contributed by atoms with Crippen LogP contribution in [0.3, 0.4) is 0 Å². The van der Waals surface area contributed by atoms with E-state index in [1.165, 1.54) is 11.3 Å². The Hall–Kier alpha value is -1.21. The molecule has 1 aromatic carbocycles. The monoisotopic (exact) mass is 268 g/mol. The summed E-state index contributed by atoms with van der Waals surface area (Å²) in [6.07, 6.45) is 0. The highest BCUT2D eigenvalue weighted by atomic mass is 35.5. The van der Waals surface area contributed by atoms with Gasteiger partial charge in [0.05, 0.1) is 27.0 Å². The van der Waals surface area contributed by atoms with Gasteiger partial charge in [-0.1, -0.05) is 29.3 Å². The van der Waals surface area contributed by atoms with E-state index >= 15 is 0 Å². The minimum absolute atomic E-state index is 0.530. The number of hydrogen-bond acceptors (Lipinski definition) is 3. The second kappa shape index (κ2) is 4.75. The molecule has 2 aromatic rings. The summed E-state index contributed by atoms with van der Waals surface area (Å²) in [5.74, 6) is 0. The van der Waals surface area contributed by atoms with E-state index in [9.17, 15) is 0 Å². The number of anilines is 2. The van der Waals surface area contributed by atoms with Crippen molar-refractivity contribution in [1.29, 1.82) is 5.26 Å². The van der Waals surface area contributed by atoms with Crippen LogP contribution in [0.25, 0.3) is 0 Å². The first kappa shape index (κ1) is 11.3.